The van der Waals surface area contributed by atoms with Crippen molar-refractivity contribution in [3.05, 3.63) is 30.3 Å². The molecule has 1 aromatic rings. The Hall–Kier alpha value is -1.56. The molecule has 0 radical (unpaired) electrons. The fourth-order valence-electron chi connectivity index (χ4n) is 1.85. The van der Waals surface area contributed by atoms with Gasteiger partial charge in [-0.1, -0.05) is 25.1 Å². The molecule has 0 aliphatic heterocycles. The lowest BCUT2D eigenvalue weighted by molar-refractivity contribution is 0.593. The molecule has 5 nitrogen and oxygen atoms in total. The third-order valence-corrected chi connectivity index (χ3v) is 5.10. The average Bonchev–Trinajstić information content (AvgIpc) is 2.52. The molecule has 124 valence electrons. The van der Waals surface area contributed by atoms with Gasteiger partial charge in [-0.25, -0.2) is 8.42 Å². The van der Waals surface area contributed by atoms with E-state index < -0.39 is 9.84 Å². The van der Waals surface area contributed by atoms with Gasteiger partial charge in [-0.2, -0.15) is 0 Å². The Labute approximate surface area is 134 Å². The van der Waals surface area contributed by atoms with Crippen molar-refractivity contribution in [3.63, 3.8) is 0 Å². The number of aliphatic imine (C=N–C) groups is 1. The number of benzene rings is 1. The quantitative estimate of drug-likeness (QED) is 0.437. The van der Waals surface area contributed by atoms with Gasteiger partial charge in [0.1, 0.15) is 0 Å². The lowest BCUT2D eigenvalue weighted by Crippen LogP contribution is -2.42. The third-order valence-electron chi connectivity index (χ3n) is 3.28. The van der Waals surface area contributed by atoms with Gasteiger partial charge in [0.25, 0.3) is 0 Å². The summed E-state index contributed by atoms with van der Waals surface area (Å²) in [5, 5.41) is 6.45. The highest BCUT2D eigenvalue weighted by molar-refractivity contribution is 7.91. The Morgan fingerprint density at radius 3 is 2.50 bits per heavy atom. The van der Waals surface area contributed by atoms with Gasteiger partial charge < -0.3 is 10.6 Å². The van der Waals surface area contributed by atoms with Crippen molar-refractivity contribution in [2.45, 2.75) is 44.6 Å². The number of hydrogen-bond acceptors (Lipinski definition) is 3. The van der Waals surface area contributed by atoms with Crippen LogP contribution < -0.4 is 10.6 Å². The summed E-state index contributed by atoms with van der Waals surface area (Å²) >= 11 is 0. The molecule has 0 bridgehead atoms. The van der Waals surface area contributed by atoms with Crippen molar-refractivity contribution >= 4 is 15.8 Å². The van der Waals surface area contributed by atoms with Gasteiger partial charge in [0.05, 0.1) is 10.6 Å². The highest BCUT2D eigenvalue weighted by atomic mass is 32.2. The maximum Gasteiger partial charge on any atom is 0.191 e. The van der Waals surface area contributed by atoms with E-state index in [2.05, 4.69) is 29.5 Å². The predicted octanol–water partition coefficient (Wildman–Crippen LogP) is 2.20. The lowest BCUT2D eigenvalue weighted by Gasteiger charge is -2.16. The van der Waals surface area contributed by atoms with Crippen LogP contribution >= 0.6 is 0 Å². The average molecular weight is 325 g/mol. The molecule has 1 unspecified atom stereocenters. The van der Waals surface area contributed by atoms with Gasteiger partial charge in [0.2, 0.25) is 0 Å². The van der Waals surface area contributed by atoms with Crippen LogP contribution in [0.3, 0.4) is 0 Å². The topological polar surface area (TPSA) is 70.6 Å². The molecule has 0 aromatic heterocycles. The zero-order valence-corrected chi connectivity index (χ0v) is 14.5. The van der Waals surface area contributed by atoms with Crippen molar-refractivity contribution in [2.24, 2.45) is 4.99 Å². The van der Waals surface area contributed by atoms with Crippen LogP contribution in [0.15, 0.2) is 40.2 Å². The Bertz CT molecular complexity index is 556. The Kier molecular flexibility index (Phi) is 7.95. The van der Waals surface area contributed by atoms with Crippen LogP contribution in [0.2, 0.25) is 0 Å². The summed E-state index contributed by atoms with van der Waals surface area (Å²) in [4.78, 5) is 4.81. The van der Waals surface area contributed by atoms with Gasteiger partial charge >= 0.3 is 0 Å². The zero-order valence-electron chi connectivity index (χ0n) is 13.7. The van der Waals surface area contributed by atoms with E-state index in [1.54, 1.807) is 24.3 Å². The highest BCUT2D eigenvalue weighted by Crippen LogP contribution is 2.10. The summed E-state index contributed by atoms with van der Waals surface area (Å²) in [6.45, 7) is 7.47. The molecule has 0 aliphatic rings. The molecule has 22 heavy (non-hydrogen) atoms. The minimum absolute atomic E-state index is 0.114. The summed E-state index contributed by atoms with van der Waals surface area (Å²) < 4.78 is 24.3. The number of guanidine groups is 1. The van der Waals surface area contributed by atoms with E-state index in [0.29, 0.717) is 23.9 Å². The number of nitrogens with one attached hydrogen (secondary N) is 2. The molecule has 6 heteroatoms. The largest absolute Gasteiger partial charge is 0.357 e. The first-order chi connectivity index (χ1) is 10.5. The second-order valence-corrected chi connectivity index (χ2v) is 7.31. The molecule has 0 fully saturated rings. The van der Waals surface area contributed by atoms with E-state index in [4.69, 9.17) is 0 Å². The molecule has 1 aromatic carbocycles. The summed E-state index contributed by atoms with van der Waals surface area (Å²) in [6, 6.07) is 8.90. The fraction of sp³-hybridized carbons (Fsp3) is 0.562. The van der Waals surface area contributed by atoms with E-state index in [1.165, 1.54) is 0 Å². The molecule has 0 spiro atoms. The van der Waals surface area contributed by atoms with Crippen molar-refractivity contribution < 1.29 is 8.42 Å². The SMILES string of the molecule is CCNC(=NCCCS(=O)(=O)c1ccccc1)NC(C)CC. The minimum Gasteiger partial charge on any atom is -0.357 e. The van der Waals surface area contributed by atoms with Gasteiger partial charge in [0.15, 0.2) is 15.8 Å². The van der Waals surface area contributed by atoms with Gasteiger partial charge in [0, 0.05) is 19.1 Å². The van der Waals surface area contributed by atoms with Crippen molar-refractivity contribution in [2.75, 3.05) is 18.8 Å². The van der Waals surface area contributed by atoms with E-state index >= 15 is 0 Å². The first kappa shape index (κ1) is 18.5. The summed E-state index contributed by atoms with van der Waals surface area (Å²) in [7, 11) is -3.21. The maximum absolute atomic E-state index is 12.1. The van der Waals surface area contributed by atoms with Crippen LogP contribution in [-0.2, 0) is 9.84 Å². The van der Waals surface area contributed by atoms with Crippen LogP contribution in [-0.4, -0.2) is 39.3 Å². The minimum atomic E-state index is -3.21. The monoisotopic (exact) mass is 325 g/mol. The lowest BCUT2D eigenvalue weighted by atomic mass is 10.3. The Morgan fingerprint density at radius 1 is 1.23 bits per heavy atom. The van der Waals surface area contributed by atoms with Crippen LogP contribution in [0.25, 0.3) is 0 Å². The first-order valence-corrected chi connectivity index (χ1v) is 9.47. The molecule has 1 atom stereocenters. The fourth-order valence-corrected chi connectivity index (χ4v) is 3.16. The van der Waals surface area contributed by atoms with Crippen LogP contribution in [0.4, 0.5) is 0 Å². The van der Waals surface area contributed by atoms with E-state index in [-0.39, 0.29) is 5.75 Å². The highest BCUT2D eigenvalue weighted by Gasteiger charge is 2.13. The molecule has 0 saturated heterocycles. The third kappa shape index (κ3) is 6.47. The molecule has 0 heterocycles. The van der Waals surface area contributed by atoms with Gasteiger partial charge in [-0.05, 0) is 38.8 Å². The van der Waals surface area contributed by atoms with Gasteiger partial charge in [-0.3, -0.25) is 4.99 Å². The number of sulfone groups is 1. The van der Waals surface area contributed by atoms with Crippen molar-refractivity contribution in [3.8, 4) is 0 Å². The summed E-state index contributed by atoms with van der Waals surface area (Å²) in [5.41, 5.74) is 0. The smallest absolute Gasteiger partial charge is 0.191 e. The normalized spacial score (nSPS) is 13.7. The van der Waals surface area contributed by atoms with Crippen LogP contribution in [0.5, 0.6) is 0 Å². The molecule has 0 amide bonds. The molecule has 1 rings (SSSR count). The predicted molar refractivity (Wildman–Crippen MR) is 92.0 cm³/mol. The second-order valence-electron chi connectivity index (χ2n) is 5.20. The molecular formula is C16H27N3O2S. The molecule has 0 aliphatic carbocycles. The summed E-state index contributed by atoms with van der Waals surface area (Å²) in [5.74, 6) is 0.859. The Balaban J connectivity index is 2.52. The van der Waals surface area contributed by atoms with Crippen molar-refractivity contribution in [1.29, 1.82) is 0 Å². The van der Waals surface area contributed by atoms with E-state index in [0.717, 1.165) is 18.9 Å². The van der Waals surface area contributed by atoms with Crippen LogP contribution in [0.1, 0.15) is 33.6 Å². The van der Waals surface area contributed by atoms with Crippen LogP contribution in [0, 0.1) is 0 Å². The summed E-state index contributed by atoms with van der Waals surface area (Å²) in [6.07, 6.45) is 1.51. The molecule has 2 N–H and O–H groups in total. The Morgan fingerprint density at radius 2 is 1.91 bits per heavy atom. The maximum atomic E-state index is 12.1. The molecule has 0 saturated carbocycles. The van der Waals surface area contributed by atoms with Crippen molar-refractivity contribution in [1.82, 2.24) is 10.6 Å². The number of nitrogens with zero attached hydrogens (tertiary/aromatic N) is 1. The van der Waals surface area contributed by atoms with E-state index in [1.807, 2.05) is 13.0 Å². The second kappa shape index (κ2) is 9.46. The number of hydrogen-bond donors (Lipinski definition) is 2. The molecular weight excluding hydrogens is 298 g/mol. The van der Waals surface area contributed by atoms with E-state index in [9.17, 15) is 8.42 Å². The van der Waals surface area contributed by atoms with Gasteiger partial charge in [-0.15, -0.1) is 0 Å². The number of rotatable bonds is 8. The first-order valence-electron chi connectivity index (χ1n) is 7.82. The zero-order chi connectivity index (χ0) is 16.4. The standard InChI is InChI=1S/C16H27N3O2S/c1-4-14(3)19-16(17-5-2)18-12-9-13-22(20,21)15-10-7-6-8-11-15/h6-8,10-11,14H,4-5,9,12-13H2,1-3H3,(H2,17,18,19).